The molecule has 0 spiro atoms. The lowest BCUT2D eigenvalue weighted by molar-refractivity contribution is -0.117. The van der Waals surface area contributed by atoms with Gasteiger partial charge in [0.2, 0.25) is 16.2 Å². The van der Waals surface area contributed by atoms with Gasteiger partial charge in [-0.15, -0.1) is 15.3 Å². The van der Waals surface area contributed by atoms with Crippen molar-refractivity contribution in [3.8, 4) is 0 Å². The molecule has 160 valence electrons. The molecule has 3 unspecified atom stereocenters. The Balaban J connectivity index is 1.26. The van der Waals surface area contributed by atoms with Crippen LogP contribution in [0.3, 0.4) is 0 Å². The monoisotopic (exact) mass is 427 g/mol. The lowest BCUT2D eigenvalue weighted by Gasteiger charge is -2.31. The number of anilines is 3. The van der Waals surface area contributed by atoms with Crippen molar-refractivity contribution < 1.29 is 4.79 Å². The van der Waals surface area contributed by atoms with E-state index < -0.39 is 0 Å². The molecule has 0 aromatic carbocycles. The Morgan fingerprint density at radius 2 is 2.13 bits per heavy atom. The van der Waals surface area contributed by atoms with Crippen molar-refractivity contribution in [2.24, 2.45) is 11.8 Å². The predicted octanol–water partition coefficient (Wildman–Crippen LogP) is 3.73. The Labute approximate surface area is 181 Å². The standard InChI is InChI=1S/C21H29N7OS/c1-3-15-11-14(2)6-7-16(15)12-19(29)24-21-27-26-20(30-21)23-17-8-10-28(13-17)18-5-4-9-22-25-18/h4-5,9,15-17H,2-3,6-8,10-13H2,1H3,(H,23,26)(H,24,27,29). The van der Waals surface area contributed by atoms with Crippen LogP contribution in [0, 0.1) is 11.8 Å². The van der Waals surface area contributed by atoms with Gasteiger partial charge in [0, 0.05) is 31.7 Å². The van der Waals surface area contributed by atoms with E-state index in [9.17, 15) is 4.79 Å². The van der Waals surface area contributed by atoms with E-state index in [4.69, 9.17) is 0 Å². The average molecular weight is 428 g/mol. The summed E-state index contributed by atoms with van der Waals surface area (Å²) in [5, 5.41) is 24.1. The molecule has 1 aliphatic heterocycles. The molecule has 2 fully saturated rings. The van der Waals surface area contributed by atoms with Crippen LogP contribution in [0.5, 0.6) is 0 Å². The van der Waals surface area contributed by atoms with E-state index in [1.807, 2.05) is 12.1 Å². The fraction of sp³-hybridized carbons (Fsp3) is 0.571. The molecule has 2 aliphatic rings. The van der Waals surface area contributed by atoms with Crippen molar-refractivity contribution in [3.05, 3.63) is 30.5 Å². The number of nitrogens with zero attached hydrogens (tertiary/aromatic N) is 5. The lowest BCUT2D eigenvalue weighted by Crippen LogP contribution is -2.26. The fourth-order valence-electron chi connectivity index (χ4n) is 4.47. The SMILES string of the molecule is C=C1CCC(CC(=O)Nc2nnc(NC3CCN(c4cccnn4)C3)s2)C(CC)C1. The molecule has 0 bridgehead atoms. The molecule has 1 saturated heterocycles. The quantitative estimate of drug-likeness (QED) is 0.650. The van der Waals surface area contributed by atoms with Gasteiger partial charge in [-0.2, -0.15) is 5.10 Å². The summed E-state index contributed by atoms with van der Waals surface area (Å²) in [7, 11) is 0. The number of hydrogen-bond donors (Lipinski definition) is 2. The summed E-state index contributed by atoms with van der Waals surface area (Å²) < 4.78 is 0. The summed E-state index contributed by atoms with van der Waals surface area (Å²) >= 11 is 1.39. The van der Waals surface area contributed by atoms with E-state index >= 15 is 0 Å². The average Bonchev–Trinajstić information content (AvgIpc) is 3.40. The molecule has 1 amide bonds. The predicted molar refractivity (Wildman–Crippen MR) is 120 cm³/mol. The second kappa shape index (κ2) is 9.51. The van der Waals surface area contributed by atoms with E-state index in [2.05, 4.69) is 49.4 Å². The maximum Gasteiger partial charge on any atom is 0.226 e. The van der Waals surface area contributed by atoms with Gasteiger partial charge in [-0.3, -0.25) is 4.79 Å². The van der Waals surface area contributed by atoms with Gasteiger partial charge in [0.25, 0.3) is 0 Å². The number of amides is 1. The number of hydrogen-bond acceptors (Lipinski definition) is 8. The van der Waals surface area contributed by atoms with Crippen LogP contribution in [0.25, 0.3) is 0 Å². The molecule has 3 heterocycles. The van der Waals surface area contributed by atoms with Gasteiger partial charge in [-0.25, -0.2) is 0 Å². The summed E-state index contributed by atoms with van der Waals surface area (Å²) in [5.41, 5.74) is 1.32. The van der Waals surface area contributed by atoms with Gasteiger partial charge in [0.15, 0.2) is 5.82 Å². The maximum absolute atomic E-state index is 12.5. The fourth-order valence-corrected chi connectivity index (χ4v) is 5.21. The van der Waals surface area contributed by atoms with Crippen LogP contribution in [-0.2, 0) is 4.79 Å². The van der Waals surface area contributed by atoms with Crippen LogP contribution < -0.4 is 15.5 Å². The second-order valence-electron chi connectivity index (χ2n) is 8.24. The van der Waals surface area contributed by atoms with Gasteiger partial charge in [-0.1, -0.05) is 36.8 Å². The number of rotatable bonds is 7. The van der Waals surface area contributed by atoms with Crippen molar-refractivity contribution in [2.45, 2.75) is 51.5 Å². The minimum absolute atomic E-state index is 0.0309. The molecule has 8 nitrogen and oxygen atoms in total. The van der Waals surface area contributed by atoms with Crippen LogP contribution in [0.1, 0.15) is 45.4 Å². The van der Waals surface area contributed by atoms with Gasteiger partial charge >= 0.3 is 0 Å². The van der Waals surface area contributed by atoms with Crippen molar-refractivity contribution in [1.29, 1.82) is 0 Å². The Morgan fingerprint density at radius 3 is 2.93 bits per heavy atom. The molecule has 1 aliphatic carbocycles. The highest BCUT2D eigenvalue weighted by Gasteiger charge is 2.28. The molecule has 3 atom stereocenters. The maximum atomic E-state index is 12.5. The molecule has 2 aromatic heterocycles. The Morgan fingerprint density at radius 1 is 1.27 bits per heavy atom. The molecule has 30 heavy (non-hydrogen) atoms. The molecular weight excluding hydrogens is 398 g/mol. The van der Waals surface area contributed by atoms with Crippen LogP contribution in [0.4, 0.5) is 16.1 Å². The molecule has 1 saturated carbocycles. The lowest BCUT2D eigenvalue weighted by atomic mass is 9.74. The van der Waals surface area contributed by atoms with Gasteiger partial charge in [-0.05, 0) is 49.7 Å². The highest BCUT2D eigenvalue weighted by Crippen LogP contribution is 2.37. The first-order chi connectivity index (χ1) is 14.6. The minimum atomic E-state index is 0.0309. The van der Waals surface area contributed by atoms with Crippen LogP contribution in [-0.4, -0.2) is 45.4 Å². The van der Waals surface area contributed by atoms with Crippen LogP contribution >= 0.6 is 11.3 Å². The summed E-state index contributed by atoms with van der Waals surface area (Å²) in [6, 6.07) is 4.14. The van der Waals surface area contributed by atoms with Gasteiger partial charge in [0.05, 0.1) is 0 Å². The Bertz CT molecular complexity index is 871. The number of nitrogens with one attached hydrogen (secondary N) is 2. The zero-order valence-corrected chi connectivity index (χ0v) is 18.2. The molecular formula is C21H29N7OS. The first-order valence-electron chi connectivity index (χ1n) is 10.7. The zero-order valence-electron chi connectivity index (χ0n) is 17.4. The zero-order chi connectivity index (χ0) is 20.9. The third-order valence-corrected chi connectivity index (χ3v) is 6.90. The Kier molecular flexibility index (Phi) is 6.56. The molecule has 9 heteroatoms. The first-order valence-corrected chi connectivity index (χ1v) is 11.5. The van der Waals surface area contributed by atoms with E-state index in [0.29, 0.717) is 23.4 Å². The van der Waals surface area contributed by atoms with Crippen molar-refractivity contribution >= 4 is 33.3 Å². The van der Waals surface area contributed by atoms with Gasteiger partial charge < -0.3 is 15.5 Å². The second-order valence-corrected chi connectivity index (χ2v) is 9.22. The third kappa shape index (κ3) is 5.13. The van der Waals surface area contributed by atoms with E-state index in [1.165, 1.54) is 16.9 Å². The number of carbonyl (C=O) groups excluding carboxylic acids is 1. The van der Waals surface area contributed by atoms with Crippen molar-refractivity contribution in [2.75, 3.05) is 28.6 Å². The molecule has 4 rings (SSSR count). The highest BCUT2D eigenvalue weighted by atomic mass is 32.1. The van der Waals surface area contributed by atoms with E-state index in [1.54, 1.807) is 6.20 Å². The number of aromatic nitrogens is 4. The summed E-state index contributed by atoms with van der Waals surface area (Å²) in [4.78, 5) is 14.7. The highest BCUT2D eigenvalue weighted by molar-refractivity contribution is 7.19. The number of carbonyl (C=O) groups is 1. The van der Waals surface area contributed by atoms with Gasteiger partial charge in [0.1, 0.15) is 0 Å². The van der Waals surface area contributed by atoms with E-state index in [0.717, 1.165) is 56.1 Å². The third-order valence-electron chi connectivity index (χ3n) is 6.13. The van der Waals surface area contributed by atoms with Crippen LogP contribution in [0.2, 0.25) is 0 Å². The Hall–Kier alpha value is -2.55. The summed E-state index contributed by atoms with van der Waals surface area (Å²) in [5.74, 6) is 1.91. The molecule has 2 aromatic rings. The molecule has 0 radical (unpaired) electrons. The summed E-state index contributed by atoms with van der Waals surface area (Å²) in [6.45, 7) is 8.09. The topological polar surface area (TPSA) is 95.9 Å². The van der Waals surface area contributed by atoms with E-state index in [-0.39, 0.29) is 11.9 Å². The first kappa shape index (κ1) is 20.7. The smallest absolute Gasteiger partial charge is 0.226 e. The van der Waals surface area contributed by atoms with Crippen molar-refractivity contribution in [1.82, 2.24) is 20.4 Å². The largest absolute Gasteiger partial charge is 0.355 e. The molecule has 2 N–H and O–H groups in total. The summed E-state index contributed by atoms with van der Waals surface area (Å²) in [6.07, 6.45) is 7.45. The van der Waals surface area contributed by atoms with Crippen LogP contribution in [0.15, 0.2) is 30.5 Å². The number of allylic oxidation sites excluding steroid dienone is 1. The normalized spacial score (nSPS) is 24.1. The minimum Gasteiger partial charge on any atom is -0.355 e. The van der Waals surface area contributed by atoms with Crippen molar-refractivity contribution in [3.63, 3.8) is 0 Å².